The van der Waals surface area contributed by atoms with E-state index < -0.39 is 5.54 Å². The van der Waals surface area contributed by atoms with Crippen molar-refractivity contribution < 1.29 is 9.53 Å². The summed E-state index contributed by atoms with van der Waals surface area (Å²) in [6.45, 7) is 5.98. The molecule has 0 saturated carbocycles. The maximum atomic E-state index is 11.9. The van der Waals surface area contributed by atoms with Crippen LogP contribution in [0, 0.1) is 0 Å². The van der Waals surface area contributed by atoms with Crippen LogP contribution >= 0.6 is 11.6 Å². The van der Waals surface area contributed by atoms with Crippen molar-refractivity contribution in [2.75, 3.05) is 13.7 Å². The van der Waals surface area contributed by atoms with E-state index in [0.29, 0.717) is 18.1 Å². The molecule has 1 N–H and O–H groups in total. The van der Waals surface area contributed by atoms with Gasteiger partial charge in [0.1, 0.15) is 5.54 Å². The highest BCUT2D eigenvalue weighted by atomic mass is 35.5. The number of carbonyl (C=O) groups excluding carboxylic acids is 1. The molecule has 0 saturated heterocycles. The lowest BCUT2D eigenvalue weighted by Crippen LogP contribution is -2.50. The van der Waals surface area contributed by atoms with E-state index >= 15 is 0 Å². The van der Waals surface area contributed by atoms with Crippen LogP contribution < -0.4 is 5.32 Å². The molecule has 1 rings (SSSR count). The fourth-order valence-corrected chi connectivity index (χ4v) is 1.96. The van der Waals surface area contributed by atoms with E-state index in [9.17, 15) is 4.79 Å². The third kappa shape index (κ3) is 3.46. The van der Waals surface area contributed by atoms with Crippen LogP contribution in [0.1, 0.15) is 33.2 Å². The number of hydrogen-bond acceptors (Lipinski definition) is 4. The summed E-state index contributed by atoms with van der Waals surface area (Å²) in [7, 11) is 1.75. The average molecular weight is 274 g/mol. The van der Waals surface area contributed by atoms with Gasteiger partial charge in [0, 0.05) is 6.20 Å². The first-order valence-corrected chi connectivity index (χ1v) is 6.36. The number of ether oxygens (including phenoxy) is 1. The molecule has 1 aromatic rings. The molecule has 18 heavy (non-hydrogen) atoms. The molecule has 0 aliphatic rings. The van der Waals surface area contributed by atoms with Gasteiger partial charge >= 0.3 is 5.97 Å². The summed E-state index contributed by atoms with van der Waals surface area (Å²) >= 11 is 5.83. The zero-order valence-electron chi connectivity index (χ0n) is 11.2. The average Bonchev–Trinajstić information content (AvgIpc) is 2.76. The number of halogens is 1. The fourth-order valence-electron chi connectivity index (χ4n) is 1.82. The number of rotatable bonds is 6. The fraction of sp³-hybridized carbons (Fsp3) is 0.667. The first-order valence-electron chi connectivity index (χ1n) is 5.98. The van der Waals surface area contributed by atoms with E-state index in [2.05, 4.69) is 10.4 Å². The second-order valence-electron chi connectivity index (χ2n) is 4.49. The highest BCUT2D eigenvalue weighted by Crippen LogP contribution is 2.22. The molecule has 0 amide bonds. The standard InChI is InChI=1S/C12H20ClN3O2/c1-5-18-11(17)12(3,14-4)6-9(2)16-8-10(13)7-15-16/h7-9,14H,5-6H2,1-4H3. The number of nitrogens with zero attached hydrogens (tertiary/aromatic N) is 2. The van der Waals surface area contributed by atoms with Gasteiger partial charge in [0.25, 0.3) is 0 Å². The summed E-state index contributed by atoms with van der Waals surface area (Å²) in [6.07, 6.45) is 3.90. The Labute approximate surface area is 112 Å². The topological polar surface area (TPSA) is 56.2 Å². The van der Waals surface area contributed by atoms with Crippen molar-refractivity contribution in [2.45, 2.75) is 38.8 Å². The van der Waals surface area contributed by atoms with Crippen LogP contribution in [-0.2, 0) is 9.53 Å². The molecule has 2 atom stereocenters. The quantitative estimate of drug-likeness (QED) is 0.806. The summed E-state index contributed by atoms with van der Waals surface area (Å²) in [5.41, 5.74) is -0.728. The minimum absolute atomic E-state index is 0.0411. The molecule has 0 spiro atoms. The molecule has 0 aliphatic carbocycles. The number of nitrogens with one attached hydrogen (secondary N) is 1. The van der Waals surface area contributed by atoms with Crippen LogP contribution in [0.2, 0.25) is 5.02 Å². The SMILES string of the molecule is CCOC(=O)C(C)(CC(C)n1cc(Cl)cn1)NC. The van der Waals surface area contributed by atoms with E-state index in [1.807, 2.05) is 13.8 Å². The second-order valence-corrected chi connectivity index (χ2v) is 4.93. The van der Waals surface area contributed by atoms with Crippen LogP contribution in [0.4, 0.5) is 0 Å². The molecule has 5 nitrogen and oxygen atoms in total. The predicted molar refractivity (Wildman–Crippen MR) is 70.7 cm³/mol. The Bertz CT molecular complexity index is 408. The second kappa shape index (κ2) is 6.20. The third-order valence-electron chi connectivity index (χ3n) is 3.00. The molecule has 0 bridgehead atoms. The summed E-state index contributed by atoms with van der Waals surface area (Å²) in [5, 5.41) is 7.75. The van der Waals surface area contributed by atoms with Gasteiger partial charge in [-0.15, -0.1) is 0 Å². The van der Waals surface area contributed by atoms with E-state index in [4.69, 9.17) is 16.3 Å². The summed E-state index contributed by atoms with van der Waals surface area (Å²) in [5.74, 6) is -0.252. The summed E-state index contributed by atoms with van der Waals surface area (Å²) < 4.78 is 6.83. The van der Waals surface area contributed by atoms with Crippen LogP contribution in [0.25, 0.3) is 0 Å². The lowest BCUT2D eigenvalue weighted by atomic mass is 9.94. The van der Waals surface area contributed by atoms with E-state index in [1.54, 1.807) is 31.0 Å². The van der Waals surface area contributed by atoms with E-state index in [1.165, 1.54) is 0 Å². The normalized spacial score (nSPS) is 16.1. The van der Waals surface area contributed by atoms with Gasteiger partial charge in [0.15, 0.2) is 0 Å². The van der Waals surface area contributed by atoms with Crippen LogP contribution in [0.3, 0.4) is 0 Å². The number of esters is 1. The molecule has 0 fully saturated rings. The number of likely N-dealkylation sites (N-methyl/N-ethyl adjacent to an activating group) is 1. The Kier molecular flexibility index (Phi) is 5.16. The van der Waals surface area contributed by atoms with Gasteiger partial charge in [-0.2, -0.15) is 5.10 Å². The Morgan fingerprint density at radius 1 is 1.72 bits per heavy atom. The maximum absolute atomic E-state index is 11.9. The molecule has 1 heterocycles. The van der Waals surface area contributed by atoms with Gasteiger partial charge < -0.3 is 10.1 Å². The van der Waals surface area contributed by atoms with Gasteiger partial charge in [-0.1, -0.05) is 11.6 Å². The first kappa shape index (κ1) is 15.0. The molecule has 2 unspecified atom stereocenters. The minimum Gasteiger partial charge on any atom is -0.465 e. The maximum Gasteiger partial charge on any atom is 0.326 e. The zero-order valence-corrected chi connectivity index (χ0v) is 12.0. The van der Waals surface area contributed by atoms with Crippen molar-refractivity contribution in [2.24, 2.45) is 0 Å². The van der Waals surface area contributed by atoms with Gasteiger partial charge in [-0.3, -0.25) is 9.48 Å². The van der Waals surface area contributed by atoms with Gasteiger partial charge in [0.05, 0.1) is 23.9 Å². The van der Waals surface area contributed by atoms with Crippen molar-refractivity contribution in [1.29, 1.82) is 0 Å². The van der Waals surface area contributed by atoms with E-state index in [-0.39, 0.29) is 12.0 Å². The largest absolute Gasteiger partial charge is 0.465 e. The Morgan fingerprint density at radius 3 is 2.83 bits per heavy atom. The van der Waals surface area contributed by atoms with Crippen LogP contribution in [0.5, 0.6) is 0 Å². The van der Waals surface area contributed by atoms with E-state index in [0.717, 1.165) is 0 Å². The molecule has 0 aromatic carbocycles. The van der Waals surface area contributed by atoms with Crippen molar-refractivity contribution in [1.82, 2.24) is 15.1 Å². The number of carbonyl (C=O) groups is 1. The molecule has 1 aromatic heterocycles. The van der Waals surface area contributed by atoms with Gasteiger partial charge in [0.2, 0.25) is 0 Å². The molecule has 6 heteroatoms. The van der Waals surface area contributed by atoms with Crippen molar-refractivity contribution >= 4 is 17.6 Å². The highest BCUT2D eigenvalue weighted by molar-refractivity contribution is 6.30. The predicted octanol–water partition coefficient (Wildman–Crippen LogP) is 2.03. The van der Waals surface area contributed by atoms with Crippen molar-refractivity contribution in [3.8, 4) is 0 Å². The molecular weight excluding hydrogens is 254 g/mol. The molecule has 0 radical (unpaired) electrons. The minimum atomic E-state index is -0.728. The Hall–Kier alpha value is -1.07. The third-order valence-corrected chi connectivity index (χ3v) is 3.20. The monoisotopic (exact) mass is 273 g/mol. The van der Waals surface area contributed by atoms with Gasteiger partial charge in [-0.05, 0) is 34.2 Å². The van der Waals surface area contributed by atoms with Crippen molar-refractivity contribution in [3.63, 3.8) is 0 Å². The van der Waals surface area contributed by atoms with Crippen LogP contribution in [0.15, 0.2) is 12.4 Å². The van der Waals surface area contributed by atoms with Crippen molar-refractivity contribution in [3.05, 3.63) is 17.4 Å². The molecule has 102 valence electrons. The summed E-state index contributed by atoms with van der Waals surface area (Å²) in [6, 6.07) is 0.0411. The first-order chi connectivity index (χ1) is 8.42. The lowest BCUT2D eigenvalue weighted by Gasteiger charge is -2.29. The Balaban J connectivity index is 2.76. The van der Waals surface area contributed by atoms with Crippen LogP contribution in [-0.4, -0.2) is 34.9 Å². The lowest BCUT2D eigenvalue weighted by molar-refractivity contribution is -0.151. The highest BCUT2D eigenvalue weighted by Gasteiger charge is 2.35. The number of hydrogen-bond donors (Lipinski definition) is 1. The zero-order chi connectivity index (χ0) is 13.8. The molecule has 0 aliphatic heterocycles. The summed E-state index contributed by atoms with van der Waals surface area (Å²) in [4.78, 5) is 11.9. The smallest absolute Gasteiger partial charge is 0.326 e. The number of aromatic nitrogens is 2. The Morgan fingerprint density at radius 2 is 2.39 bits per heavy atom. The van der Waals surface area contributed by atoms with Gasteiger partial charge in [-0.25, -0.2) is 0 Å². The molecular formula is C12H20ClN3O2.